The van der Waals surface area contributed by atoms with Crippen molar-refractivity contribution in [3.8, 4) is 0 Å². The SMILES string of the molecule is CC(=O)N1CCC(c2ncn3c4c(C(C)Nc5ccc(F)cc5C(N)=O)cc(C)cc4c(=O)n(C)c23)CC1. The van der Waals surface area contributed by atoms with Crippen LogP contribution in [-0.2, 0) is 11.8 Å². The van der Waals surface area contributed by atoms with E-state index in [9.17, 15) is 18.8 Å². The fraction of sp³-hybridized carbons (Fsp3) is 0.357. The van der Waals surface area contributed by atoms with Crippen LogP contribution >= 0.6 is 0 Å². The quantitative estimate of drug-likeness (QED) is 0.419. The summed E-state index contributed by atoms with van der Waals surface area (Å²) >= 11 is 0. The van der Waals surface area contributed by atoms with Crippen LogP contribution in [0, 0.1) is 12.7 Å². The summed E-state index contributed by atoms with van der Waals surface area (Å²) in [5, 5.41) is 3.84. The molecule has 0 saturated carbocycles. The Kier molecular flexibility index (Phi) is 6.42. The van der Waals surface area contributed by atoms with E-state index in [1.165, 1.54) is 12.1 Å². The van der Waals surface area contributed by atoms with Crippen molar-refractivity contribution in [2.75, 3.05) is 18.4 Å². The van der Waals surface area contributed by atoms with Crippen LogP contribution in [0.25, 0.3) is 16.6 Å². The number of aryl methyl sites for hydroxylation is 2. The first-order valence-corrected chi connectivity index (χ1v) is 12.7. The van der Waals surface area contributed by atoms with E-state index in [4.69, 9.17) is 10.7 Å². The zero-order chi connectivity index (χ0) is 27.3. The van der Waals surface area contributed by atoms with Gasteiger partial charge in [-0.05, 0) is 62.1 Å². The number of anilines is 1. The summed E-state index contributed by atoms with van der Waals surface area (Å²) < 4.78 is 17.4. The largest absolute Gasteiger partial charge is 0.378 e. The fourth-order valence-corrected chi connectivity index (χ4v) is 5.61. The predicted octanol–water partition coefficient (Wildman–Crippen LogP) is 3.63. The number of primary amides is 1. The Morgan fingerprint density at radius 1 is 1.18 bits per heavy atom. The molecule has 198 valence electrons. The smallest absolute Gasteiger partial charge is 0.261 e. The number of rotatable bonds is 5. The predicted molar refractivity (Wildman–Crippen MR) is 144 cm³/mol. The molecule has 1 aliphatic rings. The molecule has 2 amide bonds. The van der Waals surface area contributed by atoms with Crippen molar-refractivity contribution in [1.82, 2.24) is 18.9 Å². The molecule has 4 aromatic rings. The number of amides is 2. The first kappa shape index (κ1) is 25.4. The van der Waals surface area contributed by atoms with E-state index < -0.39 is 11.7 Å². The number of fused-ring (bicyclic) bond motifs is 3. The number of carbonyl (C=O) groups excluding carboxylic acids is 2. The van der Waals surface area contributed by atoms with E-state index >= 15 is 0 Å². The van der Waals surface area contributed by atoms with Gasteiger partial charge in [0.2, 0.25) is 5.91 Å². The maximum Gasteiger partial charge on any atom is 0.261 e. The molecule has 1 fully saturated rings. The number of imidazole rings is 1. The number of halogens is 1. The van der Waals surface area contributed by atoms with Crippen molar-refractivity contribution in [3.63, 3.8) is 0 Å². The number of nitrogens with two attached hydrogens (primary N) is 1. The first-order valence-electron chi connectivity index (χ1n) is 12.7. The van der Waals surface area contributed by atoms with E-state index in [0.29, 0.717) is 24.2 Å². The van der Waals surface area contributed by atoms with Gasteiger partial charge < -0.3 is 16.0 Å². The maximum atomic E-state index is 13.8. The lowest BCUT2D eigenvalue weighted by atomic mass is 9.93. The van der Waals surface area contributed by atoms with E-state index in [1.807, 2.05) is 35.3 Å². The zero-order valence-corrected chi connectivity index (χ0v) is 21.9. The minimum atomic E-state index is -0.736. The molecule has 0 spiro atoms. The van der Waals surface area contributed by atoms with Gasteiger partial charge in [-0.2, -0.15) is 0 Å². The Bertz CT molecular complexity index is 1650. The van der Waals surface area contributed by atoms with Crippen molar-refractivity contribution >= 4 is 34.1 Å². The van der Waals surface area contributed by atoms with Crippen LogP contribution in [0.5, 0.6) is 0 Å². The average Bonchev–Trinajstić information content (AvgIpc) is 3.33. The van der Waals surface area contributed by atoms with Gasteiger partial charge in [0.1, 0.15) is 17.8 Å². The summed E-state index contributed by atoms with van der Waals surface area (Å²) in [6, 6.07) is 7.37. The van der Waals surface area contributed by atoms with E-state index in [0.717, 1.165) is 46.9 Å². The average molecular weight is 519 g/mol. The van der Waals surface area contributed by atoms with Crippen LogP contribution in [-0.4, -0.2) is 43.8 Å². The van der Waals surface area contributed by atoms with Crippen LogP contribution < -0.4 is 16.6 Å². The number of nitrogens with zero attached hydrogens (tertiary/aromatic N) is 4. The van der Waals surface area contributed by atoms with E-state index in [2.05, 4.69) is 5.32 Å². The standard InChI is InChI=1S/C28H31FN6O3/c1-15-11-20(16(2)32-23-6-5-19(29)13-21(23)26(30)37)25-22(12-15)28(38)33(4)27-24(31-14-35(25)27)18-7-9-34(10-8-18)17(3)36/h5-6,11-14,16,18,32H,7-10H2,1-4H3,(H2,30,37). The molecule has 0 bridgehead atoms. The van der Waals surface area contributed by atoms with Gasteiger partial charge in [0, 0.05) is 38.7 Å². The van der Waals surface area contributed by atoms with E-state index in [1.54, 1.807) is 24.9 Å². The molecule has 1 aliphatic heterocycles. The highest BCUT2D eigenvalue weighted by Gasteiger charge is 2.28. The van der Waals surface area contributed by atoms with Crippen molar-refractivity contribution in [2.45, 2.75) is 45.6 Å². The minimum absolute atomic E-state index is 0.0525. The number of hydrogen-bond acceptors (Lipinski definition) is 5. The van der Waals surface area contributed by atoms with Crippen molar-refractivity contribution in [2.24, 2.45) is 12.8 Å². The molecule has 2 aromatic heterocycles. The molecule has 0 aliphatic carbocycles. The molecule has 5 rings (SSSR count). The fourth-order valence-electron chi connectivity index (χ4n) is 5.61. The van der Waals surface area contributed by atoms with Gasteiger partial charge in [0.25, 0.3) is 11.5 Å². The normalized spacial score (nSPS) is 15.2. The number of aromatic nitrogens is 3. The molecule has 1 unspecified atom stereocenters. The number of benzene rings is 2. The van der Waals surface area contributed by atoms with Crippen molar-refractivity contribution in [3.05, 3.63) is 75.2 Å². The van der Waals surface area contributed by atoms with Gasteiger partial charge in [-0.15, -0.1) is 0 Å². The maximum absolute atomic E-state index is 13.8. The molecular weight excluding hydrogens is 487 g/mol. The molecular formula is C28H31FN6O3. The second-order valence-corrected chi connectivity index (χ2v) is 10.1. The Hall–Kier alpha value is -4.21. The highest BCUT2D eigenvalue weighted by atomic mass is 19.1. The summed E-state index contributed by atoms with van der Waals surface area (Å²) in [6.45, 7) is 6.74. The lowest BCUT2D eigenvalue weighted by molar-refractivity contribution is -0.129. The van der Waals surface area contributed by atoms with Gasteiger partial charge in [0.05, 0.1) is 28.2 Å². The second kappa shape index (κ2) is 9.59. The molecule has 2 aromatic carbocycles. The number of nitrogens with one attached hydrogen (secondary N) is 1. The van der Waals surface area contributed by atoms with Crippen LogP contribution in [0.1, 0.15) is 65.8 Å². The van der Waals surface area contributed by atoms with Gasteiger partial charge in [-0.1, -0.05) is 6.07 Å². The van der Waals surface area contributed by atoms with E-state index in [-0.39, 0.29) is 29.0 Å². The van der Waals surface area contributed by atoms with Crippen molar-refractivity contribution < 1.29 is 14.0 Å². The van der Waals surface area contributed by atoms with Crippen LogP contribution in [0.4, 0.5) is 10.1 Å². The lowest BCUT2D eigenvalue weighted by Crippen LogP contribution is -2.36. The third kappa shape index (κ3) is 4.29. The number of carbonyl (C=O) groups is 2. The molecule has 3 N–H and O–H groups in total. The van der Waals surface area contributed by atoms with Gasteiger partial charge in [-0.25, -0.2) is 9.37 Å². The lowest BCUT2D eigenvalue weighted by Gasteiger charge is -2.30. The Morgan fingerprint density at radius 3 is 2.55 bits per heavy atom. The highest BCUT2D eigenvalue weighted by Crippen LogP contribution is 2.33. The first-order chi connectivity index (χ1) is 18.1. The highest BCUT2D eigenvalue weighted by molar-refractivity contribution is 5.98. The molecule has 1 atom stereocenters. The van der Waals surface area contributed by atoms with Gasteiger partial charge in [-0.3, -0.25) is 23.4 Å². The minimum Gasteiger partial charge on any atom is -0.378 e. The summed E-state index contributed by atoms with van der Waals surface area (Å²) in [5.74, 6) is -1.10. The molecule has 3 heterocycles. The van der Waals surface area contributed by atoms with Crippen LogP contribution in [0.2, 0.25) is 0 Å². The van der Waals surface area contributed by atoms with Crippen molar-refractivity contribution in [1.29, 1.82) is 0 Å². The number of piperidine rings is 1. The number of likely N-dealkylation sites (tertiary alicyclic amines) is 1. The Morgan fingerprint density at radius 2 is 1.89 bits per heavy atom. The Labute approximate surface area is 219 Å². The summed E-state index contributed by atoms with van der Waals surface area (Å²) in [7, 11) is 1.76. The Balaban J connectivity index is 1.64. The molecule has 1 saturated heterocycles. The van der Waals surface area contributed by atoms with Gasteiger partial charge in [0.15, 0.2) is 0 Å². The third-order valence-electron chi connectivity index (χ3n) is 7.56. The molecule has 38 heavy (non-hydrogen) atoms. The number of hydrogen-bond donors (Lipinski definition) is 2. The topological polar surface area (TPSA) is 115 Å². The van der Waals surface area contributed by atoms with Crippen LogP contribution in [0.15, 0.2) is 41.5 Å². The molecule has 10 heteroatoms. The summed E-state index contributed by atoms with van der Waals surface area (Å²) in [6.07, 6.45) is 3.30. The zero-order valence-electron chi connectivity index (χ0n) is 21.9. The summed E-state index contributed by atoms with van der Waals surface area (Å²) in [5.41, 5.74) is 9.85. The molecule has 0 radical (unpaired) electrons. The monoisotopic (exact) mass is 518 g/mol. The summed E-state index contributed by atoms with van der Waals surface area (Å²) in [4.78, 5) is 44.0. The third-order valence-corrected chi connectivity index (χ3v) is 7.56. The van der Waals surface area contributed by atoms with Crippen LogP contribution in [0.3, 0.4) is 0 Å². The molecule has 9 nitrogen and oxygen atoms in total. The van der Waals surface area contributed by atoms with Gasteiger partial charge >= 0.3 is 0 Å². The second-order valence-electron chi connectivity index (χ2n) is 10.1.